The van der Waals surface area contributed by atoms with Gasteiger partial charge in [-0.05, 0) is 30.9 Å². The van der Waals surface area contributed by atoms with Crippen LogP contribution in [0.15, 0.2) is 23.1 Å². The van der Waals surface area contributed by atoms with Crippen LogP contribution in [-0.2, 0) is 6.54 Å². The molecule has 0 saturated carbocycles. The van der Waals surface area contributed by atoms with Crippen molar-refractivity contribution >= 4 is 11.8 Å². The Morgan fingerprint density at radius 2 is 2.12 bits per heavy atom. The molecule has 1 nitrogen and oxygen atoms in total. The summed E-state index contributed by atoms with van der Waals surface area (Å²) in [5.74, 6) is 0.917. The lowest BCUT2D eigenvalue weighted by Crippen LogP contribution is -2.07. The molecule has 0 fully saturated rings. The van der Waals surface area contributed by atoms with Gasteiger partial charge < -0.3 is 5.32 Å². The number of rotatable bonds is 7. The molecule has 0 aliphatic rings. The number of halogens is 1. The molecule has 1 aromatic rings. The Hall–Kier alpha value is -0.540. The van der Waals surface area contributed by atoms with Gasteiger partial charge in [0.15, 0.2) is 0 Å². The zero-order valence-corrected chi connectivity index (χ0v) is 10.9. The van der Waals surface area contributed by atoms with Crippen LogP contribution in [0.3, 0.4) is 0 Å². The Balaban J connectivity index is 2.61. The monoisotopic (exact) mass is 241 g/mol. The van der Waals surface area contributed by atoms with Gasteiger partial charge in [-0.2, -0.15) is 0 Å². The third kappa shape index (κ3) is 4.14. The first-order valence-electron chi connectivity index (χ1n) is 5.84. The maximum atomic E-state index is 13.6. The van der Waals surface area contributed by atoms with E-state index in [-0.39, 0.29) is 5.82 Å². The van der Waals surface area contributed by atoms with Gasteiger partial charge in [0.25, 0.3) is 0 Å². The molecule has 0 unspecified atom stereocenters. The third-order valence-corrected chi connectivity index (χ3v) is 3.65. The summed E-state index contributed by atoms with van der Waals surface area (Å²) in [6.07, 6.45) is 3.60. The largest absolute Gasteiger partial charge is 0.316 e. The van der Waals surface area contributed by atoms with Gasteiger partial charge in [-0.25, -0.2) is 4.39 Å². The van der Waals surface area contributed by atoms with E-state index >= 15 is 0 Å². The highest BCUT2D eigenvalue weighted by atomic mass is 32.2. The summed E-state index contributed by atoms with van der Waals surface area (Å²) < 4.78 is 13.6. The van der Waals surface area contributed by atoms with Crippen LogP contribution in [-0.4, -0.2) is 12.8 Å². The SMILES string of the molecule is CCCCCSc1c(F)cccc1CNC. The second-order valence-corrected chi connectivity index (χ2v) is 4.92. The van der Waals surface area contributed by atoms with Gasteiger partial charge >= 0.3 is 0 Å². The van der Waals surface area contributed by atoms with Crippen LogP contribution >= 0.6 is 11.8 Å². The first-order valence-corrected chi connectivity index (χ1v) is 6.83. The molecule has 1 N–H and O–H groups in total. The van der Waals surface area contributed by atoms with E-state index in [1.54, 1.807) is 23.9 Å². The van der Waals surface area contributed by atoms with Gasteiger partial charge in [0.05, 0.1) is 0 Å². The molecule has 1 aromatic carbocycles. The molecule has 0 radical (unpaired) electrons. The van der Waals surface area contributed by atoms with Crippen molar-refractivity contribution in [1.82, 2.24) is 5.32 Å². The predicted octanol–water partition coefficient (Wildman–Crippen LogP) is 3.83. The van der Waals surface area contributed by atoms with Crippen LogP contribution in [0.1, 0.15) is 31.7 Å². The Bertz CT molecular complexity index is 315. The van der Waals surface area contributed by atoms with Crippen molar-refractivity contribution in [3.8, 4) is 0 Å². The molecule has 0 amide bonds. The first-order chi connectivity index (χ1) is 7.79. The van der Waals surface area contributed by atoms with E-state index in [0.29, 0.717) is 0 Å². The van der Waals surface area contributed by atoms with Gasteiger partial charge in [-0.15, -0.1) is 11.8 Å². The highest BCUT2D eigenvalue weighted by Gasteiger charge is 2.07. The summed E-state index contributed by atoms with van der Waals surface area (Å²) in [6.45, 7) is 2.91. The van der Waals surface area contributed by atoms with Crippen LogP contribution in [0.4, 0.5) is 4.39 Å². The minimum atomic E-state index is -0.0887. The van der Waals surface area contributed by atoms with Crippen molar-refractivity contribution in [2.24, 2.45) is 0 Å². The minimum absolute atomic E-state index is 0.0887. The topological polar surface area (TPSA) is 12.0 Å². The maximum Gasteiger partial charge on any atom is 0.137 e. The molecule has 0 spiro atoms. The van der Waals surface area contributed by atoms with Crippen molar-refractivity contribution in [3.63, 3.8) is 0 Å². The van der Waals surface area contributed by atoms with Gasteiger partial charge in [0.1, 0.15) is 5.82 Å². The van der Waals surface area contributed by atoms with E-state index in [1.807, 2.05) is 13.1 Å². The zero-order chi connectivity index (χ0) is 11.8. The lowest BCUT2D eigenvalue weighted by Gasteiger charge is -2.09. The lowest BCUT2D eigenvalue weighted by atomic mass is 10.2. The zero-order valence-electron chi connectivity index (χ0n) is 10.1. The molecule has 16 heavy (non-hydrogen) atoms. The van der Waals surface area contributed by atoms with E-state index in [9.17, 15) is 4.39 Å². The van der Waals surface area contributed by atoms with Gasteiger partial charge in [0, 0.05) is 11.4 Å². The van der Waals surface area contributed by atoms with E-state index in [1.165, 1.54) is 12.8 Å². The molecular weight excluding hydrogens is 221 g/mol. The van der Waals surface area contributed by atoms with E-state index in [2.05, 4.69) is 12.2 Å². The van der Waals surface area contributed by atoms with Crippen molar-refractivity contribution in [3.05, 3.63) is 29.6 Å². The first kappa shape index (κ1) is 13.5. The summed E-state index contributed by atoms with van der Waals surface area (Å²) >= 11 is 1.64. The van der Waals surface area contributed by atoms with E-state index in [0.717, 1.165) is 29.2 Å². The number of benzene rings is 1. The summed E-state index contributed by atoms with van der Waals surface area (Å²) in [5, 5.41) is 3.07. The standard InChI is InChI=1S/C13H20FNS/c1-3-4-5-9-16-13-11(10-15-2)7-6-8-12(13)14/h6-8,15H,3-5,9-10H2,1-2H3. The maximum absolute atomic E-state index is 13.6. The Morgan fingerprint density at radius 1 is 1.31 bits per heavy atom. The summed E-state index contributed by atoms with van der Waals surface area (Å²) in [4.78, 5) is 0.813. The van der Waals surface area contributed by atoms with Crippen LogP contribution in [0.5, 0.6) is 0 Å². The smallest absolute Gasteiger partial charge is 0.137 e. The lowest BCUT2D eigenvalue weighted by molar-refractivity contribution is 0.594. The van der Waals surface area contributed by atoms with Crippen LogP contribution in [0.25, 0.3) is 0 Å². The summed E-state index contributed by atoms with van der Waals surface area (Å²) in [6, 6.07) is 5.31. The molecule has 90 valence electrons. The quantitative estimate of drug-likeness (QED) is 0.575. The minimum Gasteiger partial charge on any atom is -0.316 e. The molecule has 0 saturated heterocycles. The average Bonchev–Trinajstić information content (AvgIpc) is 2.28. The third-order valence-electron chi connectivity index (χ3n) is 2.41. The fourth-order valence-corrected chi connectivity index (χ4v) is 2.66. The Kier molecular flexibility index (Phi) is 6.50. The molecule has 0 aliphatic carbocycles. The van der Waals surface area contributed by atoms with Crippen molar-refractivity contribution < 1.29 is 4.39 Å². The van der Waals surface area contributed by atoms with Crippen molar-refractivity contribution in [2.75, 3.05) is 12.8 Å². The summed E-state index contributed by atoms with van der Waals surface area (Å²) in [5.41, 5.74) is 1.06. The molecule has 0 bridgehead atoms. The second kappa shape index (κ2) is 7.69. The normalized spacial score (nSPS) is 10.7. The van der Waals surface area contributed by atoms with Gasteiger partial charge in [0.2, 0.25) is 0 Å². The molecule has 1 rings (SSSR count). The molecule has 0 aliphatic heterocycles. The average molecular weight is 241 g/mol. The number of hydrogen-bond donors (Lipinski definition) is 1. The highest BCUT2D eigenvalue weighted by molar-refractivity contribution is 7.99. The Morgan fingerprint density at radius 3 is 2.81 bits per heavy atom. The van der Waals surface area contributed by atoms with Crippen LogP contribution < -0.4 is 5.32 Å². The number of hydrogen-bond acceptors (Lipinski definition) is 2. The van der Waals surface area contributed by atoms with Crippen molar-refractivity contribution in [2.45, 2.75) is 37.6 Å². The predicted molar refractivity (Wildman–Crippen MR) is 69.4 cm³/mol. The van der Waals surface area contributed by atoms with Crippen LogP contribution in [0, 0.1) is 5.82 Å². The fraction of sp³-hybridized carbons (Fsp3) is 0.538. The van der Waals surface area contributed by atoms with Crippen molar-refractivity contribution in [1.29, 1.82) is 0 Å². The number of thioether (sulfide) groups is 1. The van der Waals surface area contributed by atoms with Gasteiger partial charge in [-0.3, -0.25) is 0 Å². The molecular formula is C13H20FNS. The highest BCUT2D eigenvalue weighted by Crippen LogP contribution is 2.27. The van der Waals surface area contributed by atoms with Gasteiger partial charge in [-0.1, -0.05) is 31.9 Å². The van der Waals surface area contributed by atoms with Crippen LogP contribution in [0.2, 0.25) is 0 Å². The second-order valence-electron chi connectivity index (χ2n) is 3.81. The van der Waals surface area contributed by atoms with E-state index in [4.69, 9.17) is 0 Å². The summed E-state index contributed by atoms with van der Waals surface area (Å²) in [7, 11) is 1.89. The molecule has 0 heterocycles. The fourth-order valence-electron chi connectivity index (χ4n) is 1.57. The number of unbranched alkanes of at least 4 members (excludes halogenated alkanes) is 2. The molecule has 3 heteroatoms. The molecule has 0 atom stereocenters. The number of nitrogens with one attached hydrogen (secondary N) is 1. The van der Waals surface area contributed by atoms with E-state index < -0.39 is 0 Å². The molecule has 0 aromatic heterocycles. The Labute approximate surface area is 102 Å².